The number of carbonyl (C=O) groups is 2. The number of rotatable bonds is 6. The molecular weight excluding hydrogens is 555 g/mol. The van der Waals surface area contributed by atoms with E-state index in [1.807, 2.05) is 6.07 Å². The number of aromatic nitrogens is 3. The lowest BCUT2D eigenvalue weighted by Gasteiger charge is -2.32. The Labute approximate surface area is 238 Å². The zero-order valence-corrected chi connectivity index (χ0v) is 22.6. The van der Waals surface area contributed by atoms with Crippen molar-refractivity contribution < 1.29 is 14.3 Å². The van der Waals surface area contributed by atoms with Gasteiger partial charge in [-0.3, -0.25) is 14.4 Å². The van der Waals surface area contributed by atoms with Crippen LogP contribution in [0.2, 0.25) is 10.0 Å². The Bertz CT molecular complexity index is 1680. The van der Waals surface area contributed by atoms with Crippen molar-refractivity contribution in [2.45, 2.75) is 31.6 Å². The van der Waals surface area contributed by atoms with Gasteiger partial charge in [0.05, 0.1) is 22.9 Å². The van der Waals surface area contributed by atoms with Gasteiger partial charge >= 0.3 is 0 Å². The molecule has 0 aliphatic carbocycles. The minimum absolute atomic E-state index is 0.139. The van der Waals surface area contributed by atoms with Crippen molar-refractivity contribution in [3.8, 4) is 0 Å². The number of halogens is 2. The van der Waals surface area contributed by atoms with Gasteiger partial charge < -0.3 is 25.3 Å². The van der Waals surface area contributed by atoms with Crippen molar-refractivity contribution in [2.24, 2.45) is 0 Å². The molecule has 4 aromatic rings. The number of amides is 2. The first-order chi connectivity index (χ1) is 19.3. The smallest absolute Gasteiger partial charge is 0.262 e. The van der Waals surface area contributed by atoms with Crippen LogP contribution in [0.4, 0.5) is 11.6 Å². The van der Waals surface area contributed by atoms with Crippen LogP contribution in [0.5, 0.6) is 0 Å². The van der Waals surface area contributed by atoms with Crippen molar-refractivity contribution in [2.75, 3.05) is 23.3 Å². The molecule has 12 heteroatoms. The summed E-state index contributed by atoms with van der Waals surface area (Å²) in [5.41, 5.74) is 0.902. The summed E-state index contributed by atoms with van der Waals surface area (Å²) >= 11 is 12.3. The van der Waals surface area contributed by atoms with Crippen LogP contribution in [0.1, 0.15) is 39.1 Å². The van der Waals surface area contributed by atoms with Gasteiger partial charge in [0.15, 0.2) is 0 Å². The number of hydrogen-bond acceptors (Lipinski definition) is 7. The van der Waals surface area contributed by atoms with E-state index in [0.29, 0.717) is 35.1 Å². The highest BCUT2D eigenvalue weighted by atomic mass is 35.5. The summed E-state index contributed by atoms with van der Waals surface area (Å²) in [4.78, 5) is 52.4. The maximum atomic E-state index is 13.1. The topological polar surface area (TPSA) is 129 Å². The largest absolute Gasteiger partial charge is 0.371 e. The van der Waals surface area contributed by atoms with E-state index in [2.05, 4.69) is 30.5 Å². The molecule has 40 heavy (non-hydrogen) atoms. The van der Waals surface area contributed by atoms with E-state index in [9.17, 15) is 14.4 Å². The molecule has 2 fully saturated rings. The third-order valence-electron chi connectivity index (χ3n) is 6.97. The summed E-state index contributed by atoms with van der Waals surface area (Å²) in [7, 11) is 0. The highest BCUT2D eigenvalue weighted by Crippen LogP contribution is 2.29. The molecule has 2 bridgehead atoms. The van der Waals surface area contributed by atoms with Crippen molar-refractivity contribution in [3.05, 3.63) is 91.8 Å². The highest BCUT2D eigenvalue weighted by molar-refractivity contribution is 6.34. The van der Waals surface area contributed by atoms with Crippen LogP contribution in [0.3, 0.4) is 0 Å². The van der Waals surface area contributed by atoms with Crippen molar-refractivity contribution in [1.29, 1.82) is 0 Å². The summed E-state index contributed by atoms with van der Waals surface area (Å²) in [6, 6.07) is 13.1. The van der Waals surface area contributed by atoms with E-state index < -0.39 is 11.5 Å². The molecular formula is C28H24Cl2N6O4. The number of morpholine rings is 1. The molecule has 2 unspecified atom stereocenters. The molecule has 204 valence electrons. The van der Waals surface area contributed by atoms with Gasteiger partial charge in [-0.1, -0.05) is 35.3 Å². The van der Waals surface area contributed by atoms with E-state index in [1.54, 1.807) is 30.5 Å². The summed E-state index contributed by atoms with van der Waals surface area (Å²) in [6.07, 6.45) is 3.96. The minimum Gasteiger partial charge on any atom is -0.371 e. The molecule has 0 saturated carbocycles. The highest BCUT2D eigenvalue weighted by Gasteiger charge is 2.34. The number of hydrogen-bond donors (Lipinski definition) is 3. The molecule has 2 atom stereocenters. The number of carbonyl (C=O) groups excluding carboxylic acids is 2. The summed E-state index contributed by atoms with van der Waals surface area (Å²) in [6.45, 7) is 1.67. The molecule has 2 saturated heterocycles. The predicted molar refractivity (Wildman–Crippen MR) is 152 cm³/mol. The Morgan fingerprint density at radius 3 is 2.62 bits per heavy atom. The van der Waals surface area contributed by atoms with Crippen LogP contribution in [0, 0.1) is 0 Å². The Morgan fingerprint density at radius 1 is 1.05 bits per heavy atom. The average Bonchev–Trinajstić information content (AvgIpc) is 3.29. The standard InChI is InChI=1S/C28H24Cl2N6O4/c29-18-3-1-2-15(8-18)11-31-25(37)16-4-7-22(30)23(10-16)33-26(38)21-9-17-12-32-28(35-24(17)34-27(21)39)36-13-19-5-6-20(14-36)40-19/h1-4,7-10,12,19-20H,5-6,11,13-14H2,(H,31,37)(H,33,38)(H,32,34,35,39). The van der Waals surface area contributed by atoms with Gasteiger partial charge in [-0.15, -0.1) is 0 Å². The lowest BCUT2D eigenvalue weighted by molar-refractivity contribution is 0.0299. The number of benzene rings is 2. The van der Waals surface area contributed by atoms with Crippen molar-refractivity contribution in [1.82, 2.24) is 20.3 Å². The molecule has 0 radical (unpaired) electrons. The summed E-state index contributed by atoms with van der Waals surface area (Å²) in [5, 5.41) is 6.73. The van der Waals surface area contributed by atoms with Crippen LogP contribution < -0.4 is 21.1 Å². The maximum absolute atomic E-state index is 13.1. The monoisotopic (exact) mass is 578 g/mol. The first-order valence-corrected chi connectivity index (χ1v) is 13.5. The maximum Gasteiger partial charge on any atom is 0.262 e. The normalized spacial score (nSPS) is 18.1. The zero-order valence-electron chi connectivity index (χ0n) is 21.1. The quantitative estimate of drug-likeness (QED) is 0.313. The first kappa shape index (κ1) is 26.2. The zero-order chi connectivity index (χ0) is 27.8. The van der Waals surface area contributed by atoms with E-state index in [4.69, 9.17) is 27.9 Å². The fourth-order valence-corrected chi connectivity index (χ4v) is 5.34. The van der Waals surface area contributed by atoms with Crippen LogP contribution in [-0.2, 0) is 11.3 Å². The predicted octanol–water partition coefficient (Wildman–Crippen LogP) is 4.17. The third kappa shape index (κ3) is 5.51. The van der Waals surface area contributed by atoms with E-state index in [0.717, 1.165) is 18.4 Å². The van der Waals surface area contributed by atoms with Crippen LogP contribution in [0.25, 0.3) is 11.0 Å². The van der Waals surface area contributed by atoms with Gasteiger partial charge in [0.1, 0.15) is 11.2 Å². The molecule has 3 N–H and O–H groups in total. The molecule has 2 aromatic heterocycles. The number of nitrogens with one attached hydrogen (secondary N) is 3. The molecule has 2 aliphatic heterocycles. The fourth-order valence-electron chi connectivity index (χ4n) is 4.97. The SMILES string of the molecule is O=C(NCc1cccc(Cl)c1)c1ccc(Cl)c(NC(=O)c2cc3cnc(N4CC5CCC(C4)O5)nc3[nH]c2=O)c1. The number of aromatic amines is 1. The Balaban J connectivity index is 1.18. The number of anilines is 2. The molecule has 4 heterocycles. The molecule has 2 aliphatic rings. The fraction of sp³-hybridized carbons (Fsp3) is 0.250. The Kier molecular flexibility index (Phi) is 7.14. The van der Waals surface area contributed by atoms with Gasteiger partial charge in [-0.05, 0) is 54.8 Å². The number of H-pyrrole nitrogens is 1. The van der Waals surface area contributed by atoms with E-state index in [-0.39, 0.29) is 46.5 Å². The second-order valence-corrected chi connectivity index (χ2v) is 10.7. The average molecular weight is 579 g/mol. The molecule has 10 nitrogen and oxygen atoms in total. The van der Waals surface area contributed by atoms with E-state index in [1.165, 1.54) is 18.2 Å². The van der Waals surface area contributed by atoms with Crippen molar-refractivity contribution in [3.63, 3.8) is 0 Å². The third-order valence-corrected chi connectivity index (χ3v) is 7.54. The molecule has 0 spiro atoms. The van der Waals surface area contributed by atoms with Gasteiger partial charge in [0, 0.05) is 41.8 Å². The minimum atomic E-state index is -0.685. The Hall–Kier alpha value is -3.99. The van der Waals surface area contributed by atoms with Crippen LogP contribution in [-0.4, -0.2) is 52.1 Å². The first-order valence-electron chi connectivity index (χ1n) is 12.8. The summed E-state index contributed by atoms with van der Waals surface area (Å²) in [5.74, 6) is -0.537. The molecule has 2 aromatic carbocycles. The second-order valence-electron chi connectivity index (χ2n) is 9.81. The summed E-state index contributed by atoms with van der Waals surface area (Å²) < 4.78 is 5.87. The second kappa shape index (κ2) is 10.9. The number of fused-ring (bicyclic) bond motifs is 3. The van der Waals surface area contributed by atoms with Gasteiger partial charge in [-0.2, -0.15) is 4.98 Å². The van der Waals surface area contributed by atoms with E-state index >= 15 is 0 Å². The van der Waals surface area contributed by atoms with Crippen LogP contribution >= 0.6 is 23.2 Å². The van der Waals surface area contributed by atoms with Gasteiger partial charge in [0.2, 0.25) is 5.95 Å². The Morgan fingerprint density at radius 2 is 1.85 bits per heavy atom. The molecule has 6 rings (SSSR count). The van der Waals surface area contributed by atoms with Crippen molar-refractivity contribution >= 4 is 57.7 Å². The lowest BCUT2D eigenvalue weighted by atomic mass is 10.1. The number of nitrogens with zero attached hydrogens (tertiary/aromatic N) is 3. The van der Waals surface area contributed by atoms with Gasteiger partial charge in [0.25, 0.3) is 17.4 Å². The molecule has 2 amide bonds. The van der Waals surface area contributed by atoms with Crippen LogP contribution in [0.15, 0.2) is 59.5 Å². The number of ether oxygens (including phenoxy) is 1. The van der Waals surface area contributed by atoms with Gasteiger partial charge in [-0.25, -0.2) is 4.98 Å². The lowest BCUT2D eigenvalue weighted by Crippen LogP contribution is -2.43. The number of pyridine rings is 1.